The van der Waals surface area contributed by atoms with Crippen molar-refractivity contribution in [3.8, 4) is 11.1 Å². The largest absolute Gasteiger partial charge is 0.481 e. The van der Waals surface area contributed by atoms with Crippen LogP contribution in [0, 0.1) is 0 Å². The predicted molar refractivity (Wildman–Crippen MR) is 154 cm³/mol. The van der Waals surface area contributed by atoms with Crippen molar-refractivity contribution < 1.29 is 38.5 Å². The molecule has 0 aromatic heterocycles. The fraction of sp³-hybridized carbons (Fsp3) is 0.312. The first-order valence-electron chi connectivity index (χ1n) is 13.8. The molecule has 3 aromatic carbocycles. The minimum absolute atomic E-state index is 0.00395. The molecule has 1 aliphatic rings. The van der Waals surface area contributed by atoms with E-state index in [1.165, 1.54) is 0 Å². The summed E-state index contributed by atoms with van der Waals surface area (Å²) in [5, 5.41) is 14.2. The topological polar surface area (TPSA) is 140 Å². The minimum Gasteiger partial charge on any atom is -0.481 e. The molecule has 0 saturated carbocycles. The Hall–Kier alpha value is -4.70. The van der Waals surface area contributed by atoms with E-state index in [4.69, 9.17) is 19.3 Å². The number of aliphatic carboxylic acids is 1. The van der Waals surface area contributed by atoms with Crippen LogP contribution in [0.25, 0.3) is 11.1 Å². The van der Waals surface area contributed by atoms with Crippen LogP contribution in [-0.4, -0.2) is 60.9 Å². The zero-order valence-electron chi connectivity index (χ0n) is 23.3. The second kappa shape index (κ2) is 14.8. The highest BCUT2D eigenvalue weighted by molar-refractivity contribution is 5.89. The van der Waals surface area contributed by atoms with Gasteiger partial charge >= 0.3 is 18.0 Å². The zero-order chi connectivity index (χ0) is 29.9. The molecule has 2 amide bonds. The fourth-order valence-electron chi connectivity index (χ4n) is 4.91. The van der Waals surface area contributed by atoms with E-state index in [1.807, 2.05) is 66.7 Å². The molecule has 4 rings (SSSR count). The van der Waals surface area contributed by atoms with Crippen LogP contribution in [0.1, 0.15) is 42.4 Å². The van der Waals surface area contributed by atoms with E-state index >= 15 is 0 Å². The van der Waals surface area contributed by atoms with Crippen LogP contribution in [0.15, 0.2) is 78.9 Å². The van der Waals surface area contributed by atoms with Crippen molar-refractivity contribution in [1.82, 2.24) is 10.6 Å². The van der Waals surface area contributed by atoms with Crippen molar-refractivity contribution in [2.75, 3.05) is 19.8 Å². The van der Waals surface area contributed by atoms with E-state index in [-0.39, 0.29) is 38.7 Å². The average molecular weight is 575 g/mol. The smallest absolute Gasteiger partial charge is 0.407 e. The molecule has 0 spiro atoms. The van der Waals surface area contributed by atoms with Gasteiger partial charge in [-0.1, -0.05) is 78.9 Å². The molecule has 0 heterocycles. The normalized spacial score (nSPS) is 13.3. The summed E-state index contributed by atoms with van der Waals surface area (Å²) in [6.07, 6.45) is -2.44. The summed E-state index contributed by atoms with van der Waals surface area (Å²) in [6.45, 7) is 1.87. The molecule has 0 fully saturated rings. The molecule has 220 valence electrons. The van der Waals surface area contributed by atoms with Crippen LogP contribution in [-0.2, 0) is 35.2 Å². The lowest BCUT2D eigenvalue weighted by Crippen LogP contribution is -2.50. The van der Waals surface area contributed by atoms with E-state index in [2.05, 4.69) is 10.6 Å². The third-order valence-electron chi connectivity index (χ3n) is 6.87. The van der Waals surface area contributed by atoms with Gasteiger partial charge in [0.1, 0.15) is 19.3 Å². The molecule has 3 aromatic rings. The van der Waals surface area contributed by atoms with Gasteiger partial charge < -0.3 is 30.0 Å². The Morgan fingerprint density at radius 3 is 2.07 bits per heavy atom. The number of carbonyl (C=O) groups excluding carboxylic acids is 3. The Labute approximate surface area is 244 Å². The van der Waals surface area contributed by atoms with Gasteiger partial charge in [-0.15, -0.1) is 0 Å². The number of alkyl carbamates (subject to hydrolysis) is 1. The van der Waals surface area contributed by atoms with E-state index in [0.29, 0.717) is 0 Å². The van der Waals surface area contributed by atoms with Crippen molar-refractivity contribution in [2.45, 2.75) is 44.4 Å². The number of fused-ring (bicyclic) bond motifs is 3. The Bertz CT molecular complexity index is 1350. The SMILES string of the molecule is CCOC(CNC(=O)[C@H](CC(=O)OCc1ccccc1)NC(=O)OCC1c2ccccc2-c2ccccc21)CC(=O)O. The lowest BCUT2D eigenvalue weighted by molar-refractivity contribution is -0.147. The summed E-state index contributed by atoms with van der Waals surface area (Å²) in [4.78, 5) is 49.8. The van der Waals surface area contributed by atoms with Gasteiger partial charge in [-0.05, 0) is 34.7 Å². The van der Waals surface area contributed by atoms with E-state index < -0.39 is 42.5 Å². The Kier molecular flexibility index (Phi) is 10.7. The summed E-state index contributed by atoms with van der Waals surface area (Å²) in [6, 6.07) is 23.5. The number of carbonyl (C=O) groups is 4. The Balaban J connectivity index is 1.40. The lowest BCUT2D eigenvalue weighted by atomic mass is 9.98. The molecule has 2 atom stereocenters. The number of esters is 1. The highest BCUT2D eigenvalue weighted by Crippen LogP contribution is 2.44. The third-order valence-corrected chi connectivity index (χ3v) is 6.87. The van der Waals surface area contributed by atoms with Crippen molar-refractivity contribution >= 4 is 23.9 Å². The summed E-state index contributed by atoms with van der Waals surface area (Å²) < 4.78 is 16.3. The molecular formula is C32H34N2O8. The van der Waals surface area contributed by atoms with Crippen LogP contribution in [0.5, 0.6) is 0 Å². The summed E-state index contributed by atoms with van der Waals surface area (Å²) in [5.74, 6) is -2.67. The number of amides is 2. The Morgan fingerprint density at radius 1 is 0.833 bits per heavy atom. The van der Waals surface area contributed by atoms with Crippen LogP contribution >= 0.6 is 0 Å². The van der Waals surface area contributed by atoms with Gasteiger partial charge in [0.2, 0.25) is 5.91 Å². The van der Waals surface area contributed by atoms with Gasteiger partial charge in [-0.2, -0.15) is 0 Å². The molecule has 3 N–H and O–H groups in total. The Morgan fingerprint density at radius 2 is 1.45 bits per heavy atom. The van der Waals surface area contributed by atoms with E-state index in [0.717, 1.165) is 27.8 Å². The highest BCUT2D eigenvalue weighted by Gasteiger charge is 2.31. The number of hydrogen-bond donors (Lipinski definition) is 3. The van der Waals surface area contributed by atoms with Crippen LogP contribution in [0.4, 0.5) is 4.79 Å². The van der Waals surface area contributed by atoms with Crippen molar-refractivity contribution in [3.63, 3.8) is 0 Å². The van der Waals surface area contributed by atoms with E-state index in [1.54, 1.807) is 19.1 Å². The summed E-state index contributed by atoms with van der Waals surface area (Å²) in [7, 11) is 0. The first kappa shape index (κ1) is 30.3. The second-order valence-electron chi connectivity index (χ2n) is 9.79. The predicted octanol–water partition coefficient (Wildman–Crippen LogP) is 4.02. The van der Waals surface area contributed by atoms with Crippen molar-refractivity contribution in [2.24, 2.45) is 0 Å². The number of carboxylic acids is 1. The van der Waals surface area contributed by atoms with Gasteiger partial charge in [0.05, 0.1) is 18.9 Å². The molecule has 0 saturated heterocycles. The van der Waals surface area contributed by atoms with Gasteiger partial charge in [0.25, 0.3) is 0 Å². The highest BCUT2D eigenvalue weighted by atomic mass is 16.6. The second-order valence-corrected chi connectivity index (χ2v) is 9.79. The number of benzene rings is 3. The summed E-state index contributed by atoms with van der Waals surface area (Å²) >= 11 is 0. The van der Waals surface area contributed by atoms with Crippen LogP contribution in [0.2, 0.25) is 0 Å². The summed E-state index contributed by atoms with van der Waals surface area (Å²) in [5.41, 5.74) is 4.98. The monoisotopic (exact) mass is 574 g/mol. The van der Waals surface area contributed by atoms with Crippen molar-refractivity contribution in [3.05, 3.63) is 95.6 Å². The maximum Gasteiger partial charge on any atom is 0.407 e. The maximum atomic E-state index is 13.1. The number of carboxylic acid groups (broad SMARTS) is 1. The van der Waals surface area contributed by atoms with E-state index in [9.17, 15) is 19.2 Å². The van der Waals surface area contributed by atoms with Gasteiger partial charge in [-0.3, -0.25) is 14.4 Å². The van der Waals surface area contributed by atoms with Crippen LogP contribution < -0.4 is 10.6 Å². The molecule has 10 nitrogen and oxygen atoms in total. The number of ether oxygens (including phenoxy) is 3. The van der Waals surface area contributed by atoms with Gasteiger partial charge in [0, 0.05) is 19.1 Å². The quantitative estimate of drug-likeness (QED) is 0.245. The van der Waals surface area contributed by atoms with Crippen molar-refractivity contribution in [1.29, 1.82) is 0 Å². The molecule has 10 heteroatoms. The molecule has 42 heavy (non-hydrogen) atoms. The molecule has 1 aliphatic carbocycles. The molecule has 0 bridgehead atoms. The average Bonchev–Trinajstić information content (AvgIpc) is 3.31. The minimum atomic E-state index is -1.32. The first-order chi connectivity index (χ1) is 20.4. The molecule has 0 aliphatic heterocycles. The van der Waals surface area contributed by atoms with Gasteiger partial charge in [0.15, 0.2) is 0 Å². The number of rotatable bonds is 14. The zero-order valence-corrected chi connectivity index (χ0v) is 23.3. The van der Waals surface area contributed by atoms with Gasteiger partial charge in [-0.25, -0.2) is 4.79 Å². The number of hydrogen-bond acceptors (Lipinski definition) is 7. The molecular weight excluding hydrogens is 540 g/mol. The third kappa shape index (κ3) is 8.17. The number of nitrogens with one attached hydrogen (secondary N) is 2. The standard InChI is InChI=1S/C32H34N2O8/c1-2-40-22(16-29(35)36)18-33-31(38)28(17-30(37)41-19-21-10-4-3-5-11-21)34-32(39)42-20-27-25-14-8-6-12-23(25)24-13-7-9-15-26(24)27/h3-15,22,27-28H,2,16-20H2,1H3,(H,33,38)(H,34,39)(H,35,36)/t22?,28-/m0/s1. The molecule has 1 unspecified atom stereocenters. The fourth-order valence-corrected chi connectivity index (χ4v) is 4.91. The maximum absolute atomic E-state index is 13.1. The molecule has 0 radical (unpaired) electrons. The van der Waals surface area contributed by atoms with Crippen LogP contribution in [0.3, 0.4) is 0 Å². The lowest BCUT2D eigenvalue weighted by Gasteiger charge is -2.21. The first-order valence-corrected chi connectivity index (χ1v) is 13.8.